The third-order valence-corrected chi connectivity index (χ3v) is 4.58. The van der Waals surface area contributed by atoms with Gasteiger partial charge in [0.25, 0.3) is 5.60 Å². The first-order valence-corrected chi connectivity index (χ1v) is 10.0. The number of aliphatic hydroxyl groups is 1. The average Bonchev–Trinajstić information content (AvgIpc) is 2.76. The average molecular weight is 518 g/mol. The van der Waals surface area contributed by atoms with Crippen molar-refractivity contribution in [1.29, 1.82) is 0 Å². The molecule has 1 aromatic rings. The van der Waals surface area contributed by atoms with Gasteiger partial charge in [-0.1, -0.05) is 13.0 Å². The fourth-order valence-electron chi connectivity index (χ4n) is 2.78. The molecule has 0 radical (unpaired) electrons. The molecule has 0 fully saturated rings. The van der Waals surface area contributed by atoms with Crippen molar-refractivity contribution in [3.05, 3.63) is 23.8 Å². The first kappa shape index (κ1) is 29.8. The van der Waals surface area contributed by atoms with Crippen LogP contribution in [0.2, 0.25) is 0 Å². The quantitative estimate of drug-likeness (QED) is 0.246. The number of rotatable bonds is 10. The highest BCUT2D eigenvalue weighted by Gasteiger charge is 2.64. The number of benzene rings is 1. The van der Waals surface area contributed by atoms with Crippen molar-refractivity contribution in [3.63, 3.8) is 0 Å². The minimum atomic E-state index is -5.59. The van der Waals surface area contributed by atoms with E-state index in [0.717, 1.165) is 7.11 Å². The molecule has 0 spiro atoms. The largest absolute Gasteiger partial charge is 0.495 e. The Morgan fingerprint density at radius 2 is 1.46 bits per heavy atom. The minimum Gasteiger partial charge on any atom is -0.495 e. The second-order valence-electron chi connectivity index (χ2n) is 6.84. The fraction of sp³-hybridized carbons (Fsp3) is 0.550. The lowest BCUT2D eigenvalue weighted by atomic mass is 9.92. The van der Waals surface area contributed by atoms with Crippen molar-refractivity contribution in [1.82, 2.24) is 5.32 Å². The predicted octanol–water partition coefficient (Wildman–Crippen LogP) is 2.77. The molecular formula is C20H24F6N2O7. The number of carbonyl (C=O) groups excluding carboxylic acids is 3. The van der Waals surface area contributed by atoms with E-state index in [1.165, 1.54) is 26.1 Å². The molecule has 0 saturated heterocycles. The SMILES string of the molecule is CCOC(=O)[C@@](NC(=O)CC)(Nc1ccc([C@](O)(C(=O)OCC)C(F)(F)F)cc1OC)C(F)(F)F. The van der Waals surface area contributed by atoms with Gasteiger partial charge in [-0.05, 0) is 26.0 Å². The van der Waals surface area contributed by atoms with Crippen LogP contribution in [0.1, 0.15) is 32.8 Å². The van der Waals surface area contributed by atoms with Crippen LogP contribution in [-0.2, 0) is 29.5 Å². The molecule has 0 bridgehead atoms. The summed E-state index contributed by atoms with van der Waals surface area (Å²) in [6.07, 6.45) is -11.6. The maximum atomic E-state index is 14.1. The zero-order chi connectivity index (χ0) is 27.2. The lowest BCUT2D eigenvalue weighted by Crippen LogP contribution is -2.69. The molecule has 0 aromatic heterocycles. The van der Waals surface area contributed by atoms with Crippen molar-refractivity contribution >= 4 is 23.5 Å². The molecule has 9 nitrogen and oxygen atoms in total. The van der Waals surface area contributed by atoms with Crippen molar-refractivity contribution in [2.75, 3.05) is 25.6 Å². The van der Waals surface area contributed by atoms with Crippen LogP contribution in [0.25, 0.3) is 0 Å². The van der Waals surface area contributed by atoms with E-state index >= 15 is 0 Å². The molecule has 1 rings (SSSR count). The highest BCUT2D eigenvalue weighted by atomic mass is 19.4. The molecule has 198 valence electrons. The van der Waals surface area contributed by atoms with Crippen LogP contribution in [0, 0.1) is 0 Å². The van der Waals surface area contributed by atoms with E-state index in [4.69, 9.17) is 4.74 Å². The zero-order valence-corrected chi connectivity index (χ0v) is 19.0. The number of hydrogen-bond donors (Lipinski definition) is 3. The Labute approximate surface area is 195 Å². The van der Waals surface area contributed by atoms with Crippen molar-refractivity contribution < 1.29 is 60.0 Å². The van der Waals surface area contributed by atoms with E-state index in [2.05, 4.69) is 9.47 Å². The Morgan fingerprint density at radius 1 is 0.914 bits per heavy atom. The molecule has 35 heavy (non-hydrogen) atoms. The van der Waals surface area contributed by atoms with Gasteiger partial charge in [0.1, 0.15) is 5.75 Å². The molecule has 0 saturated carbocycles. The number of esters is 2. The second-order valence-corrected chi connectivity index (χ2v) is 6.84. The molecule has 1 aromatic carbocycles. The molecule has 1 amide bonds. The van der Waals surface area contributed by atoms with E-state index < -0.39 is 78.1 Å². The first-order valence-electron chi connectivity index (χ1n) is 10.0. The summed E-state index contributed by atoms with van der Waals surface area (Å²) < 4.78 is 96.9. The summed E-state index contributed by atoms with van der Waals surface area (Å²) in [4.78, 5) is 36.2. The molecule has 2 atom stereocenters. The Hall–Kier alpha value is -3.23. The van der Waals surface area contributed by atoms with Gasteiger partial charge in [0.15, 0.2) is 0 Å². The molecule has 0 unspecified atom stereocenters. The number of halogens is 6. The van der Waals surface area contributed by atoms with Crippen LogP contribution >= 0.6 is 0 Å². The van der Waals surface area contributed by atoms with Gasteiger partial charge in [0.2, 0.25) is 5.91 Å². The molecule has 0 heterocycles. The van der Waals surface area contributed by atoms with Crippen molar-refractivity contribution in [3.8, 4) is 5.75 Å². The van der Waals surface area contributed by atoms with Gasteiger partial charge in [-0.15, -0.1) is 0 Å². The predicted molar refractivity (Wildman–Crippen MR) is 107 cm³/mol. The molecule has 3 N–H and O–H groups in total. The standard InChI is InChI=1S/C20H24F6N2O7/c1-5-14(29)28-18(20(24,25)26,16(31)35-7-3)27-12-9-8-11(10-13(12)33-4)17(32,19(21,22)23)15(30)34-6-2/h8-10,27,32H,5-7H2,1-4H3,(H,28,29)/t17-,18-/m0/s1. The Morgan fingerprint density at radius 3 is 1.89 bits per heavy atom. The first-order chi connectivity index (χ1) is 16.0. The van der Waals surface area contributed by atoms with Crippen LogP contribution in [0.5, 0.6) is 5.75 Å². The number of carbonyl (C=O) groups is 3. The maximum absolute atomic E-state index is 14.1. The highest BCUT2D eigenvalue weighted by molar-refractivity contribution is 5.92. The lowest BCUT2D eigenvalue weighted by Gasteiger charge is -2.36. The van der Waals surface area contributed by atoms with Crippen LogP contribution in [0.15, 0.2) is 18.2 Å². The van der Waals surface area contributed by atoms with Gasteiger partial charge in [-0.25, -0.2) is 9.59 Å². The lowest BCUT2D eigenvalue weighted by molar-refractivity contribution is -0.267. The summed E-state index contributed by atoms with van der Waals surface area (Å²) in [5.74, 6) is -6.01. The van der Waals surface area contributed by atoms with Gasteiger partial charge >= 0.3 is 30.0 Å². The summed E-state index contributed by atoms with van der Waals surface area (Å²) in [5, 5.41) is 13.5. The number of hydrogen-bond acceptors (Lipinski definition) is 8. The Balaban J connectivity index is 3.75. The fourth-order valence-corrected chi connectivity index (χ4v) is 2.78. The molecule has 0 aliphatic rings. The monoisotopic (exact) mass is 518 g/mol. The maximum Gasteiger partial charge on any atom is 0.441 e. The summed E-state index contributed by atoms with van der Waals surface area (Å²) in [5.41, 5.74) is -9.91. The van der Waals surface area contributed by atoms with Crippen molar-refractivity contribution in [2.45, 2.75) is 50.8 Å². The number of amides is 1. The number of anilines is 1. The summed E-state index contributed by atoms with van der Waals surface area (Å²) in [6, 6.07) is 1.49. The Kier molecular flexibility index (Phi) is 9.37. The highest BCUT2D eigenvalue weighted by Crippen LogP contribution is 2.43. The van der Waals surface area contributed by atoms with Gasteiger partial charge < -0.3 is 30.0 Å². The van der Waals surface area contributed by atoms with Gasteiger partial charge in [-0.2, -0.15) is 26.3 Å². The van der Waals surface area contributed by atoms with Crippen LogP contribution in [-0.4, -0.2) is 61.3 Å². The van der Waals surface area contributed by atoms with E-state index in [0.29, 0.717) is 18.2 Å². The molecule has 15 heteroatoms. The van der Waals surface area contributed by atoms with E-state index in [9.17, 15) is 45.8 Å². The summed E-state index contributed by atoms with van der Waals surface area (Å²) in [6.45, 7) is 2.60. The summed E-state index contributed by atoms with van der Waals surface area (Å²) in [7, 11) is 0.867. The van der Waals surface area contributed by atoms with Crippen LogP contribution in [0.3, 0.4) is 0 Å². The third kappa shape index (κ3) is 5.89. The number of nitrogens with one attached hydrogen (secondary N) is 2. The number of ether oxygens (including phenoxy) is 3. The van der Waals surface area contributed by atoms with E-state index in [-0.39, 0.29) is 0 Å². The molecule has 0 aliphatic heterocycles. The zero-order valence-electron chi connectivity index (χ0n) is 19.0. The van der Waals surface area contributed by atoms with Crippen LogP contribution < -0.4 is 15.4 Å². The van der Waals surface area contributed by atoms with Crippen LogP contribution in [0.4, 0.5) is 32.0 Å². The van der Waals surface area contributed by atoms with E-state index in [1.807, 2.05) is 0 Å². The topological polar surface area (TPSA) is 123 Å². The second kappa shape index (κ2) is 11.0. The van der Waals surface area contributed by atoms with Gasteiger partial charge in [-0.3, -0.25) is 4.79 Å². The third-order valence-electron chi connectivity index (χ3n) is 4.58. The van der Waals surface area contributed by atoms with Crippen molar-refractivity contribution in [2.24, 2.45) is 0 Å². The van der Waals surface area contributed by atoms with Gasteiger partial charge in [0.05, 0.1) is 26.0 Å². The molecular weight excluding hydrogens is 494 g/mol. The Bertz CT molecular complexity index is 938. The number of alkyl halides is 6. The molecule has 0 aliphatic carbocycles. The minimum absolute atomic E-state index is 0.431. The van der Waals surface area contributed by atoms with E-state index in [1.54, 1.807) is 5.32 Å². The summed E-state index contributed by atoms with van der Waals surface area (Å²) >= 11 is 0. The van der Waals surface area contributed by atoms with Gasteiger partial charge in [0, 0.05) is 12.0 Å². The smallest absolute Gasteiger partial charge is 0.441 e. The normalized spacial score (nSPS) is 15.3. The number of methoxy groups -OCH3 is 1.